The topological polar surface area (TPSA) is 283 Å². The lowest BCUT2D eigenvalue weighted by Crippen LogP contribution is -2.42. The Morgan fingerprint density at radius 2 is 0.788 bits per heavy atom. The first-order valence-corrected chi connectivity index (χ1v) is 32.0. The predicted octanol–water partition coefficient (Wildman–Crippen LogP) is 12.6. The van der Waals surface area contributed by atoms with E-state index in [0.717, 1.165) is 32.5 Å². The zero-order valence-corrected chi connectivity index (χ0v) is 55.2. The number of aromatic nitrogens is 9. The molecule has 1 aliphatic heterocycles. The van der Waals surface area contributed by atoms with Crippen LogP contribution in [0.2, 0.25) is 0 Å². The number of ether oxygens (including phenoxy) is 3. The number of fused-ring (bicyclic) bond motifs is 3. The van der Waals surface area contributed by atoms with Crippen LogP contribution in [0.5, 0.6) is 17.2 Å². The fourth-order valence-corrected chi connectivity index (χ4v) is 10.6. The van der Waals surface area contributed by atoms with Gasteiger partial charge in [-0.1, -0.05) is 54.6 Å². The number of hydrogen-bond donors (Lipinski definition) is 8. The van der Waals surface area contributed by atoms with Crippen molar-refractivity contribution in [3.05, 3.63) is 217 Å². The van der Waals surface area contributed by atoms with Gasteiger partial charge in [-0.2, -0.15) is 15.0 Å². The number of benzene rings is 6. The molecule has 0 unspecified atom stereocenters. The number of amides is 3. The first-order chi connectivity index (χ1) is 49.8. The molecule has 0 aliphatic carbocycles. The minimum atomic E-state index is -4.78. The molecular formula is C71H65F9N18O6. The summed E-state index contributed by atoms with van der Waals surface area (Å²) in [4.78, 5) is 52.0. The van der Waals surface area contributed by atoms with Crippen LogP contribution < -0.4 is 57.2 Å². The van der Waals surface area contributed by atoms with Gasteiger partial charge in [-0.3, -0.25) is 14.4 Å². The number of halogens is 9. The van der Waals surface area contributed by atoms with Crippen LogP contribution in [0.3, 0.4) is 0 Å². The van der Waals surface area contributed by atoms with Gasteiger partial charge in [0.1, 0.15) is 17.2 Å². The van der Waals surface area contributed by atoms with E-state index < -0.39 is 19.1 Å². The Bertz CT molecular complexity index is 4930. The Morgan fingerprint density at radius 1 is 0.462 bits per heavy atom. The van der Waals surface area contributed by atoms with Gasteiger partial charge >= 0.3 is 19.1 Å². The largest absolute Gasteiger partial charge is 0.573 e. The van der Waals surface area contributed by atoms with E-state index in [1.165, 1.54) is 68.1 Å². The van der Waals surface area contributed by atoms with Gasteiger partial charge in [0, 0.05) is 82.7 Å². The summed E-state index contributed by atoms with van der Waals surface area (Å²) in [6.45, 7) is 3.82. The third-order valence-electron chi connectivity index (χ3n) is 15.3. The number of carbonyl (C=O) groups excluding carboxylic acids is 3. The molecule has 6 aromatic carbocycles. The van der Waals surface area contributed by atoms with E-state index in [4.69, 9.17) is 5.73 Å². The number of nitrogens with two attached hydrogens (primary N) is 1. The summed E-state index contributed by atoms with van der Waals surface area (Å²) < 4.78 is 130. The number of alkyl halides is 9. The second-order valence-electron chi connectivity index (χ2n) is 23.3. The summed E-state index contributed by atoms with van der Waals surface area (Å²) in [5, 5.41) is 34.5. The van der Waals surface area contributed by atoms with Crippen molar-refractivity contribution in [1.29, 1.82) is 0 Å². The lowest BCUT2D eigenvalue weighted by atomic mass is 10.1. The van der Waals surface area contributed by atoms with Crippen LogP contribution in [-0.2, 0) is 0 Å². The van der Waals surface area contributed by atoms with E-state index in [0.29, 0.717) is 116 Å². The number of rotatable bonds is 21. The van der Waals surface area contributed by atoms with Gasteiger partial charge in [-0.05, 0) is 186 Å². The Morgan fingerprint density at radius 3 is 1.12 bits per heavy atom. The Balaban J connectivity index is 0.000000156. The van der Waals surface area contributed by atoms with Crippen LogP contribution in [0, 0.1) is 0 Å². The molecular weight excluding hydrogens is 1370 g/mol. The number of nitrogens with one attached hydrogen (secondary N) is 7. The lowest BCUT2D eigenvalue weighted by molar-refractivity contribution is -0.275. The van der Waals surface area contributed by atoms with Gasteiger partial charge in [0.25, 0.3) is 17.7 Å². The van der Waals surface area contributed by atoms with Gasteiger partial charge in [-0.15, -0.1) is 54.8 Å². The monoisotopic (exact) mass is 1440 g/mol. The number of pyridine rings is 3. The summed E-state index contributed by atoms with van der Waals surface area (Å²) in [7, 11) is 3.87. The number of piperidine rings is 1. The van der Waals surface area contributed by atoms with Crippen LogP contribution >= 0.6 is 0 Å². The smallest absolute Gasteiger partial charge is 0.406 e. The highest BCUT2D eigenvalue weighted by Crippen LogP contribution is 2.33. The van der Waals surface area contributed by atoms with Crippen LogP contribution in [0.4, 0.5) is 74.4 Å². The Hall–Kier alpha value is -12.4. The van der Waals surface area contributed by atoms with Crippen LogP contribution in [0.25, 0.3) is 50.7 Å². The summed E-state index contributed by atoms with van der Waals surface area (Å²) in [5.41, 5.74) is 13.6. The maximum Gasteiger partial charge on any atom is 0.573 e. The van der Waals surface area contributed by atoms with Crippen molar-refractivity contribution in [2.45, 2.75) is 38.0 Å². The molecule has 13 rings (SSSR count). The predicted molar refractivity (Wildman–Crippen MR) is 370 cm³/mol. The first-order valence-electron chi connectivity index (χ1n) is 32.0. The molecule has 0 bridgehead atoms. The molecule has 9 N–H and O–H groups in total. The van der Waals surface area contributed by atoms with Crippen molar-refractivity contribution in [3.63, 3.8) is 0 Å². The molecule has 3 amide bonds. The maximum absolute atomic E-state index is 12.6. The van der Waals surface area contributed by atoms with E-state index in [9.17, 15) is 53.9 Å². The van der Waals surface area contributed by atoms with E-state index >= 15 is 0 Å². The quantitative estimate of drug-likeness (QED) is 0.0310. The van der Waals surface area contributed by atoms with Crippen molar-refractivity contribution in [2.75, 3.05) is 69.3 Å². The van der Waals surface area contributed by atoms with Crippen molar-refractivity contribution in [1.82, 2.24) is 70.0 Å². The molecule has 104 heavy (non-hydrogen) atoms. The fraction of sp³-hybridized carbons (Fsp3) is 0.197. The molecule has 1 aliphatic rings. The molecule has 0 saturated carbocycles. The Kier molecular flexibility index (Phi) is 22.8. The first kappa shape index (κ1) is 72.9. The normalized spacial score (nSPS) is 12.5. The molecule has 0 spiro atoms. The molecule has 1 fully saturated rings. The lowest BCUT2D eigenvalue weighted by Gasteiger charge is -2.23. The third kappa shape index (κ3) is 20.2. The molecule has 6 aromatic heterocycles. The van der Waals surface area contributed by atoms with Gasteiger partial charge in [0.15, 0.2) is 16.9 Å². The second kappa shape index (κ2) is 32.5. The average molecular weight is 1440 g/mol. The van der Waals surface area contributed by atoms with Crippen molar-refractivity contribution >= 4 is 69.6 Å². The minimum absolute atomic E-state index is 0.110. The fourth-order valence-electron chi connectivity index (χ4n) is 10.6. The highest BCUT2D eigenvalue weighted by molar-refractivity contribution is 5.96. The van der Waals surface area contributed by atoms with Crippen molar-refractivity contribution in [2.24, 2.45) is 5.73 Å². The summed E-state index contributed by atoms with van der Waals surface area (Å²) >= 11 is 0. The van der Waals surface area contributed by atoms with Gasteiger partial charge in [0.2, 0.25) is 17.8 Å². The van der Waals surface area contributed by atoms with Gasteiger partial charge in [-0.25, -0.2) is 13.5 Å². The molecule has 33 heteroatoms. The third-order valence-corrected chi connectivity index (χ3v) is 15.3. The average Bonchev–Trinajstić information content (AvgIpc) is 1.63. The summed E-state index contributed by atoms with van der Waals surface area (Å²) in [6.07, 6.45) is -12.5. The number of anilines is 6. The summed E-state index contributed by atoms with van der Waals surface area (Å²) in [6, 6.07) is 53.3. The molecule has 7 heterocycles. The van der Waals surface area contributed by atoms with Crippen LogP contribution in [0.1, 0.15) is 43.9 Å². The standard InChI is InChI=1S/C25H23F3N6O2.C24H23F3N6O2.C22H19F3N6O2/c26-25(27,28)36-20-4-1-3-17(15-20)21-5-2-6-22-32-24(33-34(21)22)31-18-9-7-16(8-10-18)23(35)30-19-11-13-29-14-12-19;1-32(2)14-13-28-22(34)16-9-11-18(12-10-16)29-23-30-21-8-4-7-20(33(21)31-23)17-5-3-6-19(15-17)35-24(25,26)27;23-22(24,25)33-17-4-1-3-15(13-17)18-5-2-6-19-29-21(30-31(18)19)28-16-9-7-14(8-10-16)20(32)27-12-11-26/h1-10,15,19,29H,11-14H2,(H,30,35)(H,31,33);3-12,15H,13-14H2,1-2H3,(H,28,34)(H,29,31);1-10,13H,11-12,26H2,(H,27,32)(H,28,30). The van der Waals surface area contributed by atoms with Crippen LogP contribution in [0.15, 0.2) is 200 Å². The molecule has 0 radical (unpaired) electrons. The highest BCUT2D eigenvalue weighted by Gasteiger charge is 2.33. The van der Waals surface area contributed by atoms with E-state index in [2.05, 4.69) is 81.7 Å². The SMILES string of the molecule is CN(C)CCNC(=O)c1ccc(Nc2nc3cccc(-c4cccc(OC(F)(F)F)c4)n3n2)cc1.NCCNC(=O)c1ccc(Nc2nc3cccc(-c4cccc(OC(F)(F)F)c4)n3n2)cc1.O=C(NC1CCNCC1)c1ccc(Nc2nc3cccc(-c4cccc(OC(F)(F)F)c4)n3n2)cc1. The minimum Gasteiger partial charge on any atom is -0.406 e. The zero-order chi connectivity index (χ0) is 73.5. The molecule has 1 saturated heterocycles. The van der Waals surface area contributed by atoms with E-state index in [1.54, 1.807) is 146 Å². The van der Waals surface area contributed by atoms with Crippen LogP contribution in [-0.4, -0.2) is 145 Å². The van der Waals surface area contributed by atoms with E-state index in [-0.39, 0.29) is 47.0 Å². The molecule has 24 nitrogen and oxygen atoms in total. The van der Waals surface area contributed by atoms with Gasteiger partial charge < -0.3 is 62.1 Å². The van der Waals surface area contributed by atoms with Crippen molar-refractivity contribution in [3.8, 4) is 51.0 Å². The molecule has 0 atom stereocenters. The maximum atomic E-state index is 12.6. The number of carbonyl (C=O) groups is 3. The zero-order valence-electron chi connectivity index (χ0n) is 55.2. The number of likely N-dealkylation sites (N-methyl/N-ethyl adjacent to an activating group) is 1. The number of nitrogens with zero attached hydrogens (tertiary/aromatic N) is 10. The second-order valence-corrected chi connectivity index (χ2v) is 23.3. The molecule has 12 aromatic rings. The number of hydrogen-bond acceptors (Lipinski definition) is 18. The van der Waals surface area contributed by atoms with E-state index in [1.807, 2.05) is 19.0 Å². The summed E-state index contributed by atoms with van der Waals surface area (Å²) in [5.74, 6) is -0.585. The highest BCUT2D eigenvalue weighted by atomic mass is 19.4. The van der Waals surface area contributed by atoms with Gasteiger partial charge in [0.05, 0.1) is 17.1 Å². The Labute approximate surface area is 586 Å². The molecule has 538 valence electrons. The van der Waals surface area contributed by atoms with Crippen molar-refractivity contribution < 1.29 is 68.1 Å².